The Kier molecular flexibility index (Phi) is 3.31. The van der Waals surface area contributed by atoms with Crippen LogP contribution < -0.4 is 10.6 Å². The Morgan fingerprint density at radius 2 is 1.80 bits per heavy atom. The fourth-order valence-electron chi connectivity index (χ4n) is 4.80. The third-order valence-electron chi connectivity index (χ3n) is 5.86. The fourth-order valence-corrected chi connectivity index (χ4v) is 4.80. The third-order valence-corrected chi connectivity index (χ3v) is 5.86. The molecule has 0 amide bonds. The Balaban J connectivity index is 1.62. The first-order chi connectivity index (χ1) is 9.87. The van der Waals surface area contributed by atoms with E-state index in [9.17, 15) is 0 Å². The molecule has 0 aromatic heterocycles. The van der Waals surface area contributed by atoms with Crippen molar-refractivity contribution in [2.24, 2.45) is 0 Å². The number of fused-ring (bicyclic) bond motifs is 2. The molecular formula is C18H26N2. The molecule has 1 saturated heterocycles. The van der Waals surface area contributed by atoms with Gasteiger partial charge in [-0.15, -0.1) is 0 Å². The highest BCUT2D eigenvalue weighted by Gasteiger charge is 2.44. The van der Waals surface area contributed by atoms with E-state index in [1.165, 1.54) is 58.0 Å². The molecule has 1 atom stereocenters. The highest BCUT2D eigenvalue weighted by atomic mass is 15.0. The number of nitrogens with one attached hydrogen (secondary N) is 2. The predicted octanol–water partition coefficient (Wildman–Crippen LogP) is 3.28. The lowest BCUT2D eigenvalue weighted by Gasteiger charge is -2.35. The summed E-state index contributed by atoms with van der Waals surface area (Å²) in [4.78, 5) is 0. The Labute approximate surface area is 122 Å². The van der Waals surface area contributed by atoms with Gasteiger partial charge in [0.2, 0.25) is 0 Å². The van der Waals surface area contributed by atoms with Gasteiger partial charge in [0.25, 0.3) is 0 Å². The van der Waals surface area contributed by atoms with E-state index in [0.29, 0.717) is 11.5 Å². The van der Waals surface area contributed by atoms with Crippen molar-refractivity contribution in [1.82, 2.24) is 10.6 Å². The molecule has 0 bridgehead atoms. The zero-order valence-corrected chi connectivity index (χ0v) is 12.3. The molecule has 2 heteroatoms. The number of rotatable bonds is 2. The highest BCUT2D eigenvalue weighted by Crippen LogP contribution is 2.50. The predicted molar refractivity (Wildman–Crippen MR) is 83.0 cm³/mol. The lowest BCUT2D eigenvalue weighted by atomic mass is 9.74. The van der Waals surface area contributed by atoms with Crippen LogP contribution in [-0.4, -0.2) is 19.1 Å². The molecule has 2 aliphatic carbocycles. The molecule has 0 unspecified atom stereocenters. The maximum Gasteiger partial charge on any atom is 0.0334 e. The van der Waals surface area contributed by atoms with E-state index in [2.05, 4.69) is 34.9 Å². The van der Waals surface area contributed by atoms with Gasteiger partial charge in [0, 0.05) is 12.1 Å². The highest BCUT2D eigenvalue weighted by molar-refractivity contribution is 5.42. The van der Waals surface area contributed by atoms with Crippen molar-refractivity contribution in [3.63, 3.8) is 0 Å². The van der Waals surface area contributed by atoms with Gasteiger partial charge in [-0.05, 0) is 61.7 Å². The second-order valence-corrected chi connectivity index (χ2v) is 7.02. The number of piperidine rings is 1. The molecule has 1 aromatic carbocycles. The van der Waals surface area contributed by atoms with Crippen LogP contribution in [-0.2, 0) is 5.41 Å². The summed E-state index contributed by atoms with van der Waals surface area (Å²) in [6.07, 6.45) is 9.55. The van der Waals surface area contributed by atoms with E-state index < -0.39 is 0 Å². The van der Waals surface area contributed by atoms with Gasteiger partial charge >= 0.3 is 0 Å². The van der Waals surface area contributed by atoms with Crippen molar-refractivity contribution in [3.8, 4) is 0 Å². The van der Waals surface area contributed by atoms with Gasteiger partial charge in [-0.3, -0.25) is 0 Å². The second-order valence-electron chi connectivity index (χ2n) is 7.02. The molecule has 0 radical (unpaired) electrons. The minimum atomic E-state index is 0.456. The van der Waals surface area contributed by atoms with Gasteiger partial charge in [-0.2, -0.15) is 0 Å². The molecule has 2 fully saturated rings. The topological polar surface area (TPSA) is 24.1 Å². The Morgan fingerprint density at radius 3 is 2.60 bits per heavy atom. The average molecular weight is 270 g/mol. The van der Waals surface area contributed by atoms with Crippen LogP contribution in [0.5, 0.6) is 0 Å². The smallest absolute Gasteiger partial charge is 0.0334 e. The lowest BCUT2D eigenvalue weighted by molar-refractivity contribution is 0.275. The van der Waals surface area contributed by atoms with Crippen LogP contribution >= 0.6 is 0 Å². The summed E-state index contributed by atoms with van der Waals surface area (Å²) in [6.45, 7) is 2.37. The van der Waals surface area contributed by atoms with Crippen molar-refractivity contribution in [1.29, 1.82) is 0 Å². The summed E-state index contributed by atoms with van der Waals surface area (Å²) < 4.78 is 0. The second kappa shape index (κ2) is 5.16. The Morgan fingerprint density at radius 1 is 1.05 bits per heavy atom. The standard InChI is InChI=1S/C18H26N2/c1-2-6-14(5-1)20-17-13-18(9-11-19-12-10-18)16-8-4-3-7-15(16)17/h3-4,7-8,14,17,19-20H,1-2,5-6,9-13H2/t17-/m0/s1. The van der Waals surface area contributed by atoms with Crippen LogP contribution in [0.4, 0.5) is 0 Å². The number of benzene rings is 1. The van der Waals surface area contributed by atoms with Gasteiger partial charge in [-0.1, -0.05) is 37.1 Å². The van der Waals surface area contributed by atoms with Crippen molar-refractivity contribution in [3.05, 3.63) is 35.4 Å². The minimum absolute atomic E-state index is 0.456. The molecule has 2 N–H and O–H groups in total. The quantitative estimate of drug-likeness (QED) is 0.862. The zero-order chi connectivity index (χ0) is 13.4. The summed E-state index contributed by atoms with van der Waals surface area (Å²) in [6, 6.07) is 10.6. The third kappa shape index (κ3) is 2.10. The van der Waals surface area contributed by atoms with Crippen molar-refractivity contribution >= 4 is 0 Å². The molecule has 3 aliphatic rings. The van der Waals surface area contributed by atoms with Crippen LogP contribution in [0.25, 0.3) is 0 Å². The summed E-state index contributed by atoms with van der Waals surface area (Å²) >= 11 is 0. The maximum absolute atomic E-state index is 3.99. The molecule has 1 saturated carbocycles. The van der Waals surface area contributed by atoms with E-state index in [-0.39, 0.29) is 0 Å². The first-order valence-corrected chi connectivity index (χ1v) is 8.44. The molecule has 1 aromatic rings. The van der Waals surface area contributed by atoms with Gasteiger partial charge in [0.1, 0.15) is 0 Å². The van der Waals surface area contributed by atoms with Gasteiger partial charge in [0.05, 0.1) is 0 Å². The van der Waals surface area contributed by atoms with E-state index >= 15 is 0 Å². The van der Waals surface area contributed by atoms with Crippen LogP contribution in [0.15, 0.2) is 24.3 Å². The minimum Gasteiger partial charge on any atom is -0.317 e. The molecule has 2 nitrogen and oxygen atoms in total. The van der Waals surface area contributed by atoms with E-state index in [0.717, 1.165) is 6.04 Å². The molecule has 108 valence electrons. The van der Waals surface area contributed by atoms with Crippen LogP contribution in [0, 0.1) is 0 Å². The van der Waals surface area contributed by atoms with E-state index in [4.69, 9.17) is 0 Å². The van der Waals surface area contributed by atoms with Gasteiger partial charge in [-0.25, -0.2) is 0 Å². The monoisotopic (exact) mass is 270 g/mol. The van der Waals surface area contributed by atoms with Crippen molar-refractivity contribution < 1.29 is 0 Å². The molecular weight excluding hydrogens is 244 g/mol. The summed E-state index contributed by atoms with van der Waals surface area (Å²) in [5.41, 5.74) is 3.70. The van der Waals surface area contributed by atoms with E-state index in [1.807, 2.05) is 0 Å². The van der Waals surface area contributed by atoms with Gasteiger partial charge in [0.15, 0.2) is 0 Å². The number of hydrogen-bond acceptors (Lipinski definition) is 2. The average Bonchev–Trinajstić information content (AvgIpc) is 3.09. The SMILES string of the molecule is c1ccc2c(c1)[C@@H](NC1CCCC1)CC21CCNCC1. The maximum atomic E-state index is 3.99. The fraction of sp³-hybridized carbons (Fsp3) is 0.667. The molecule has 20 heavy (non-hydrogen) atoms. The van der Waals surface area contributed by atoms with Crippen LogP contribution in [0.1, 0.15) is 62.1 Å². The largest absolute Gasteiger partial charge is 0.317 e. The van der Waals surface area contributed by atoms with E-state index in [1.54, 1.807) is 11.1 Å². The first kappa shape index (κ1) is 12.8. The summed E-state index contributed by atoms with van der Waals surface area (Å²) in [7, 11) is 0. The number of hydrogen-bond donors (Lipinski definition) is 2. The van der Waals surface area contributed by atoms with Crippen LogP contribution in [0.2, 0.25) is 0 Å². The molecule has 1 spiro atoms. The molecule has 4 rings (SSSR count). The van der Waals surface area contributed by atoms with Crippen molar-refractivity contribution in [2.75, 3.05) is 13.1 Å². The Bertz CT molecular complexity index is 470. The van der Waals surface area contributed by atoms with Crippen molar-refractivity contribution in [2.45, 2.75) is 62.4 Å². The Hall–Kier alpha value is -0.860. The summed E-state index contributed by atoms with van der Waals surface area (Å²) in [5, 5.41) is 7.52. The molecule has 1 aliphatic heterocycles. The summed E-state index contributed by atoms with van der Waals surface area (Å²) in [5.74, 6) is 0. The first-order valence-electron chi connectivity index (χ1n) is 8.44. The normalized spacial score (nSPS) is 28.9. The lowest BCUT2D eigenvalue weighted by Crippen LogP contribution is -2.39. The van der Waals surface area contributed by atoms with Crippen LogP contribution in [0.3, 0.4) is 0 Å². The zero-order valence-electron chi connectivity index (χ0n) is 12.3. The molecule has 1 heterocycles. The van der Waals surface area contributed by atoms with Gasteiger partial charge < -0.3 is 10.6 Å².